The van der Waals surface area contributed by atoms with Crippen LogP contribution in [0, 0.1) is 29.6 Å². The summed E-state index contributed by atoms with van der Waals surface area (Å²) in [5, 5.41) is 23.1. The van der Waals surface area contributed by atoms with Crippen LogP contribution in [0.3, 0.4) is 0 Å². The quantitative estimate of drug-likeness (QED) is 0.703. The number of ether oxygens (including phenoxy) is 3. The molecule has 0 bridgehead atoms. The summed E-state index contributed by atoms with van der Waals surface area (Å²) in [6.45, 7) is 3.86. The fourth-order valence-corrected chi connectivity index (χ4v) is 3.65. The van der Waals surface area contributed by atoms with Crippen LogP contribution in [0.4, 0.5) is 0 Å². The summed E-state index contributed by atoms with van der Waals surface area (Å²) in [5.41, 5.74) is 2.66. The maximum absolute atomic E-state index is 9.21. The third kappa shape index (κ3) is 4.59. The van der Waals surface area contributed by atoms with Crippen LogP contribution in [0.2, 0.25) is 0 Å². The van der Waals surface area contributed by atoms with E-state index in [9.17, 15) is 10.5 Å². The molecular formula is C22H24N4O3. The van der Waals surface area contributed by atoms with Crippen molar-refractivity contribution in [1.82, 2.24) is 9.78 Å². The van der Waals surface area contributed by atoms with Crippen LogP contribution < -0.4 is 4.74 Å². The number of nitriles is 2. The largest absolute Gasteiger partial charge is 0.453 e. The van der Waals surface area contributed by atoms with E-state index >= 15 is 0 Å². The van der Waals surface area contributed by atoms with Gasteiger partial charge in [-0.25, -0.2) is 0 Å². The van der Waals surface area contributed by atoms with Crippen LogP contribution in [0.25, 0.3) is 0 Å². The molecule has 29 heavy (non-hydrogen) atoms. The Morgan fingerprint density at radius 1 is 1.14 bits per heavy atom. The Morgan fingerprint density at radius 2 is 1.90 bits per heavy atom. The maximum atomic E-state index is 9.21. The van der Waals surface area contributed by atoms with Gasteiger partial charge < -0.3 is 14.2 Å². The summed E-state index contributed by atoms with van der Waals surface area (Å²) in [5.74, 6) is 1.63. The zero-order valence-corrected chi connectivity index (χ0v) is 16.6. The Bertz CT molecular complexity index is 927. The summed E-state index contributed by atoms with van der Waals surface area (Å²) in [6.07, 6.45) is 5.29. The first-order valence-corrected chi connectivity index (χ1v) is 10.1. The van der Waals surface area contributed by atoms with Crippen LogP contribution in [-0.4, -0.2) is 29.3 Å². The number of rotatable bonds is 7. The predicted octanol–water partition coefficient (Wildman–Crippen LogP) is 4.15. The van der Waals surface area contributed by atoms with Crippen LogP contribution >= 0.6 is 0 Å². The summed E-state index contributed by atoms with van der Waals surface area (Å²) in [7, 11) is 0. The highest BCUT2D eigenvalue weighted by molar-refractivity contribution is 5.48. The van der Waals surface area contributed by atoms with Gasteiger partial charge in [-0.15, -0.1) is 0 Å². The van der Waals surface area contributed by atoms with Gasteiger partial charge in [0.15, 0.2) is 12.0 Å². The first-order valence-electron chi connectivity index (χ1n) is 10.1. The molecule has 1 saturated heterocycles. The third-order valence-electron chi connectivity index (χ3n) is 5.20. The normalized spacial score (nSPS) is 18.8. The lowest BCUT2D eigenvalue weighted by molar-refractivity contribution is -0.163. The number of nitrogens with zero attached hydrogens (tertiary/aromatic N) is 4. The van der Waals surface area contributed by atoms with E-state index in [4.69, 9.17) is 14.2 Å². The summed E-state index contributed by atoms with van der Waals surface area (Å²) in [6, 6.07) is 9.00. The highest BCUT2D eigenvalue weighted by atomic mass is 16.7. The summed E-state index contributed by atoms with van der Waals surface area (Å²) >= 11 is 0. The fourth-order valence-electron chi connectivity index (χ4n) is 3.65. The van der Waals surface area contributed by atoms with Gasteiger partial charge in [0.1, 0.15) is 11.4 Å². The maximum Gasteiger partial charge on any atom is 0.171 e. The van der Waals surface area contributed by atoms with Crippen LogP contribution in [0.1, 0.15) is 60.5 Å². The molecule has 2 aromatic rings. The fraction of sp³-hybridized carbons (Fsp3) is 0.500. The lowest BCUT2D eigenvalue weighted by atomic mass is 10.1. The molecule has 0 spiro atoms. The van der Waals surface area contributed by atoms with Gasteiger partial charge in [0.2, 0.25) is 0 Å². The van der Waals surface area contributed by atoms with Crippen molar-refractivity contribution in [3.05, 3.63) is 40.7 Å². The molecular weight excluding hydrogens is 368 g/mol. The van der Waals surface area contributed by atoms with Crippen molar-refractivity contribution in [3.8, 4) is 23.6 Å². The minimum absolute atomic E-state index is 0.112. The summed E-state index contributed by atoms with van der Waals surface area (Å²) in [4.78, 5) is 0. The smallest absolute Gasteiger partial charge is 0.171 e. The Morgan fingerprint density at radius 3 is 2.52 bits per heavy atom. The van der Waals surface area contributed by atoms with Crippen molar-refractivity contribution >= 4 is 0 Å². The van der Waals surface area contributed by atoms with E-state index < -0.39 is 0 Å². The standard InChI is InChI=1S/C22H24N4O3/c1-15-22(29-19-11-16(13-23)10-17(12-19)14-24)21(18-5-6-18)26(25-15)7-9-28-20-4-2-3-8-27-20/h10-12,18,20H,2-9H2,1H3. The van der Waals surface area contributed by atoms with Gasteiger partial charge in [-0.05, 0) is 57.2 Å². The zero-order valence-electron chi connectivity index (χ0n) is 16.6. The molecule has 7 nitrogen and oxygen atoms in total. The lowest BCUT2D eigenvalue weighted by Crippen LogP contribution is -2.24. The van der Waals surface area contributed by atoms with Crippen LogP contribution in [-0.2, 0) is 16.0 Å². The molecule has 2 heterocycles. The Kier molecular flexibility index (Phi) is 5.80. The topological polar surface area (TPSA) is 93.1 Å². The molecule has 4 rings (SSSR count). The van der Waals surface area contributed by atoms with Crippen molar-refractivity contribution in [1.29, 1.82) is 10.5 Å². The highest BCUT2D eigenvalue weighted by Crippen LogP contribution is 2.46. The minimum atomic E-state index is -0.112. The van der Waals surface area contributed by atoms with Gasteiger partial charge in [-0.1, -0.05) is 0 Å². The second-order valence-electron chi connectivity index (χ2n) is 7.54. The van der Waals surface area contributed by atoms with Crippen LogP contribution in [0.15, 0.2) is 18.2 Å². The molecule has 2 fully saturated rings. The molecule has 0 radical (unpaired) electrons. The molecule has 150 valence electrons. The Labute approximate surface area is 170 Å². The molecule has 1 aliphatic carbocycles. The van der Waals surface area contributed by atoms with Crippen molar-refractivity contribution in [3.63, 3.8) is 0 Å². The van der Waals surface area contributed by atoms with E-state index in [1.54, 1.807) is 18.2 Å². The van der Waals surface area contributed by atoms with E-state index in [1.807, 2.05) is 11.6 Å². The third-order valence-corrected chi connectivity index (χ3v) is 5.20. The van der Waals surface area contributed by atoms with Crippen molar-refractivity contribution in [2.75, 3.05) is 13.2 Å². The van der Waals surface area contributed by atoms with E-state index in [0.29, 0.717) is 35.9 Å². The van der Waals surface area contributed by atoms with Crippen LogP contribution in [0.5, 0.6) is 11.5 Å². The van der Waals surface area contributed by atoms with Crippen molar-refractivity contribution < 1.29 is 14.2 Å². The number of benzene rings is 1. The molecule has 1 aliphatic heterocycles. The van der Waals surface area contributed by atoms with Gasteiger partial charge in [0.05, 0.1) is 42.1 Å². The molecule has 1 atom stereocenters. The second-order valence-corrected chi connectivity index (χ2v) is 7.54. The van der Waals surface area contributed by atoms with E-state index in [1.165, 1.54) is 0 Å². The molecule has 2 aliphatic rings. The number of aryl methyl sites for hydroxylation is 1. The van der Waals surface area contributed by atoms with Gasteiger partial charge in [0, 0.05) is 12.5 Å². The SMILES string of the molecule is Cc1nn(CCOC2CCCCO2)c(C2CC2)c1Oc1cc(C#N)cc(C#N)c1. The van der Waals surface area contributed by atoms with Crippen molar-refractivity contribution in [2.24, 2.45) is 0 Å². The predicted molar refractivity (Wildman–Crippen MR) is 104 cm³/mol. The second kappa shape index (κ2) is 8.65. The van der Waals surface area contributed by atoms with E-state index in [0.717, 1.165) is 55.8 Å². The molecule has 0 N–H and O–H groups in total. The summed E-state index contributed by atoms with van der Waals surface area (Å²) < 4.78 is 19.6. The Balaban J connectivity index is 1.52. The average Bonchev–Trinajstić information content (AvgIpc) is 3.54. The van der Waals surface area contributed by atoms with Gasteiger partial charge in [0.25, 0.3) is 0 Å². The molecule has 1 unspecified atom stereocenters. The van der Waals surface area contributed by atoms with E-state index in [-0.39, 0.29) is 6.29 Å². The molecule has 7 heteroatoms. The van der Waals surface area contributed by atoms with Gasteiger partial charge in [-0.3, -0.25) is 4.68 Å². The first kappa shape index (κ1) is 19.4. The highest BCUT2D eigenvalue weighted by Gasteiger charge is 2.33. The lowest BCUT2D eigenvalue weighted by Gasteiger charge is -2.22. The average molecular weight is 392 g/mol. The van der Waals surface area contributed by atoms with Gasteiger partial charge >= 0.3 is 0 Å². The number of hydrogen-bond donors (Lipinski definition) is 0. The van der Waals surface area contributed by atoms with E-state index in [2.05, 4.69) is 17.2 Å². The molecule has 1 saturated carbocycles. The minimum Gasteiger partial charge on any atom is -0.453 e. The Hall–Kier alpha value is -2.87. The number of aromatic nitrogens is 2. The molecule has 0 amide bonds. The molecule has 1 aromatic carbocycles. The zero-order chi connectivity index (χ0) is 20.2. The van der Waals surface area contributed by atoms with Crippen molar-refractivity contribution in [2.45, 2.75) is 57.8 Å². The first-order chi connectivity index (χ1) is 14.2. The number of hydrogen-bond acceptors (Lipinski definition) is 6. The monoisotopic (exact) mass is 392 g/mol. The van der Waals surface area contributed by atoms with Gasteiger partial charge in [-0.2, -0.15) is 15.6 Å². The molecule has 1 aromatic heterocycles.